The Morgan fingerprint density at radius 2 is 2.32 bits per heavy atom. The van der Waals surface area contributed by atoms with E-state index in [0.717, 1.165) is 18.7 Å². The maximum Gasteiger partial charge on any atom is 0.301 e. The lowest BCUT2D eigenvalue weighted by Crippen LogP contribution is -2.13. The first-order valence-corrected chi connectivity index (χ1v) is 6.12. The summed E-state index contributed by atoms with van der Waals surface area (Å²) < 4.78 is 5.08. The molecule has 19 heavy (non-hydrogen) atoms. The molecule has 2 heterocycles. The van der Waals surface area contributed by atoms with E-state index in [1.165, 1.54) is 6.26 Å². The molecule has 0 unspecified atom stereocenters. The topological polar surface area (TPSA) is 80.0 Å². The van der Waals surface area contributed by atoms with Gasteiger partial charge in [0.1, 0.15) is 12.1 Å². The van der Waals surface area contributed by atoms with Crippen molar-refractivity contribution in [3.05, 3.63) is 35.9 Å². The summed E-state index contributed by atoms with van der Waals surface area (Å²) >= 11 is 0. The van der Waals surface area contributed by atoms with Crippen molar-refractivity contribution < 1.29 is 9.21 Å². The van der Waals surface area contributed by atoms with Crippen molar-refractivity contribution in [1.82, 2.24) is 9.97 Å². The fourth-order valence-corrected chi connectivity index (χ4v) is 1.50. The van der Waals surface area contributed by atoms with E-state index < -0.39 is 0 Å². The Bertz CT molecular complexity index is 565. The van der Waals surface area contributed by atoms with Gasteiger partial charge in [0, 0.05) is 18.3 Å². The molecule has 0 radical (unpaired) electrons. The van der Waals surface area contributed by atoms with Gasteiger partial charge in [0.2, 0.25) is 0 Å². The average Bonchev–Trinajstić information content (AvgIpc) is 2.82. The minimum Gasteiger partial charge on any atom is -0.432 e. The molecular weight excluding hydrogens is 244 g/mol. The van der Waals surface area contributed by atoms with Crippen LogP contribution in [-0.4, -0.2) is 22.4 Å². The van der Waals surface area contributed by atoms with Crippen molar-refractivity contribution in [2.45, 2.75) is 20.3 Å². The van der Waals surface area contributed by atoms with Gasteiger partial charge in [-0.1, -0.05) is 6.92 Å². The lowest BCUT2D eigenvalue weighted by Gasteiger charge is -2.05. The number of anilines is 2. The van der Waals surface area contributed by atoms with Crippen LogP contribution >= 0.6 is 0 Å². The van der Waals surface area contributed by atoms with E-state index >= 15 is 0 Å². The number of hydrogen-bond donors (Lipinski definition) is 2. The Morgan fingerprint density at radius 1 is 1.47 bits per heavy atom. The lowest BCUT2D eigenvalue weighted by molar-refractivity contribution is 0.102. The zero-order valence-corrected chi connectivity index (χ0v) is 10.9. The molecule has 0 bridgehead atoms. The average molecular weight is 260 g/mol. The van der Waals surface area contributed by atoms with Crippen LogP contribution in [0.15, 0.2) is 29.0 Å². The van der Waals surface area contributed by atoms with E-state index in [-0.39, 0.29) is 11.9 Å². The zero-order valence-electron chi connectivity index (χ0n) is 10.9. The third-order valence-electron chi connectivity index (χ3n) is 2.42. The number of pyridine rings is 1. The van der Waals surface area contributed by atoms with Gasteiger partial charge in [-0.05, 0) is 25.5 Å². The summed E-state index contributed by atoms with van der Waals surface area (Å²) in [7, 11) is 0. The fraction of sp³-hybridized carbons (Fsp3) is 0.308. The molecule has 2 N–H and O–H groups in total. The van der Waals surface area contributed by atoms with Crippen LogP contribution in [0.1, 0.15) is 29.4 Å². The van der Waals surface area contributed by atoms with Crippen molar-refractivity contribution in [2.24, 2.45) is 0 Å². The number of carbonyl (C=O) groups excluding carboxylic acids is 1. The van der Waals surface area contributed by atoms with Gasteiger partial charge in [0.15, 0.2) is 0 Å². The van der Waals surface area contributed by atoms with Gasteiger partial charge in [-0.2, -0.15) is 4.98 Å². The molecule has 0 aliphatic carbocycles. The van der Waals surface area contributed by atoms with Crippen LogP contribution in [0.25, 0.3) is 0 Å². The predicted octanol–water partition coefficient (Wildman–Crippen LogP) is 2.45. The molecule has 0 aromatic carbocycles. The molecule has 0 aliphatic heterocycles. The van der Waals surface area contributed by atoms with E-state index in [0.29, 0.717) is 11.4 Å². The first-order chi connectivity index (χ1) is 9.19. The molecule has 2 aromatic rings. The van der Waals surface area contributed by atoms with Crippen LogP contribution in [0.5, 0.6) is 0 Å². The molecule has 100 valence electrons. The number of aryl methyl sites for hydroxylation is 1. The number of oxazole rings is 1. The number of nitrogens with zero attached hydrogens (tertiary/aromatic N) is 2. The number of carbonyl (C=O) groups is 1. The Labute approximate surface area is 111 Å². The molecule has 0 fully saturated rings. The highest BCUT2D eigenvalue weighted by molar-refractivity contribution is 6.03. The van der Waals surface area contributed by atoms with Crippen molar-refractivity contribution in [3.8, 4) is 0 Å². The van der Waals surface area contributed by atoms with Crippen molar-refractivity contribution in [3.63, 3.8) is 0 Å². The normalized spacial score (nSPS) is 10.2. The third kappa shape index (κ3) is 3.54. The molecule has 0 saturated carbocycles. The molecule has 6 nitrogen and oxygen atoms in total. The molecule has 1 amide bonds. The highest BCUT2D eigenvalue weighted by Gasteiger charge is 2.10. The Balaban J connectivity index is 2.06. The van der Waals surface area contributed by atoms with E-state index in [9.17, 15) is 4.79 Å². The number of aromatic nitrogens is 2. The Morgan fingerprint density at radius 3 is 3.00 bits per heavy atom. The molecule has 0 atom stereocenters. The Hall–Kier alpha value is -2.37. The second-order valence-corrected chi connectivity index (χ2v) is 4.10. The summed E-state index contributed by atoms with van der Waals surface area (Å²) in [4.78, 5) is 20.1. The number of amides is 1. The summed E-state index contributed by atoms with van der Waals surface area (Å²) in [6.45, 7) is 4.67. The molecule has 0 spiro atoms. The van der Waals surface area contributed by atoms with Gasteiger partial charge in [-0.15, -0.1) is 0 Å². The quantitative estimate of drug-likeness (QED) is 0.863. The SMILES string of the molecule is CCCNc1cc(C(=O)Nc2nc(C)co2)ccn1. The van der Waals surface area contributed by atoms with Crippen LogP contribution in [0.3, 0.4) is 0 Å². The van der Waals surface area contributed by atoms with Gasteiger partial charge in [-0.25, -0.2) is 4.98 Å². The molecule has 2 rings (SSSR count). The predicted molar refractivity (Wildman–Crippen MR) is 72.2 cm³/mol. The fourth-order valence-electron chi connectivity index (χ4n) is 1.50. The highest BCUT2D eigenvalue weighted by atomic mass is 16.4. The van der Waals surface area contributed by atoms with Crippen LogP contribution < -0.4 is 10.6 Å². The monoisotopic (exact) mass is 260 g/mol. The Kier molecular flexibility index (Phi) is 4.12. The van der Waals surface area contributed by atoms with Crippen LogP contribution in [0.4, 0.5) is 11.8 Å². The lowest BCUT2D eigenvalue weighted by atomic mass is 10.2. The standard InChI is InChI=1S/C13H16N4O2/c1-3-5-14-11-7-10(4-6-15-11)12(18)17-13-16-9(2)8-19-13/h4,6-8H,3,5H2,1-2H3,(H,14,15)(H,16,17,18). The largest absolute Gasteiger partial charge is 0.432 e. The molecular formula is C13H16N4O2. The second kappa shape index (κ2) is 5.99. The van der Waals surface area contributed by atoms with Crippen LogP contribution in [-0.2, 0) is 0 Å². The van der Waals surface area contributed by atoms with Gasteiger partial charge in [0.05, 0.1) is 5.69 Å². The van der Waals surface area contributed by atoms with Crippen molar-refractivity contribution in [2.75, 3.05) is 17.2 Å². The molecule has 2 aromatic heterocycles. The van der Waals surface area contributed by atoms with Gasteiger partial charge < -0.3 is 9.73 Å². The molecule has 6 heteroatoms. The van der Waals surface area contributed by atoms with Crippen molar-refractivity contribution >= 4 is 17.7 Å². The minimum absolute atomic E-state index is 0.197. The number of hydrogen-bond acceptors (Lipinski definition) is 5. The maximum atomic E-state index is 12.0. The van der Waals surface area contributed by atoms with E-state index in [1.807, 2.05) is 0 Å². The highest BCUT2D eigenvalue weighted by Crippen LogP contribution is 2.11. The second-order valence-electron chi connectivity index (χ2n) is 4.10. The zero-order chi connectivity index (χ0) is 13.7. The summed E-state index contributed by atoms with van der Waals surface area (Å²) in [5.74, 6) is 0.405. The summed E-state index contributed by atoms with van der Waals surface area (Å²) in [5.41, 5.74) is 1.22. The van der Waals surface area contributed by atoms with E-state index in [4.69, 9.17) is 4.42 Å². The van der Waals surface area contributed by atoms with Gasteiger partial charge in [0.25, 0.3) is 5.91 Å². The maximum absolute atomic E-state index is 12.0. The molecule has 0 aliphatic rings. The van der Waals surface area contributed by atoms with E-state index in [2.05, 4.69) is 27.5 Å². The van der Waals surface area contributed by atoms with E-state index in [1.54, 1.807) is 25.3 Å². The van der Waals surface area contributed by atoms with Gasteiger partial charge >= 0.3 is 6.01 Å². The minimum atomic E-state index is -0.274. The summed E-state index contributed by atoms with van der Waals surface area (Å²) in [6, 6.07) is 3.53. The van der Waals surface area contributed by atoms with Crippen LogP contribution in [0, 0.1) is 6.92 Å². The summed E-state index contributed by atoms with van der Waals surface area (Å²) in [5, 5.41) is 5.72. The number of nitrogens with one attached hydrogen (secondary N) is 2. The number of rotatable bonds is 5. The third-order valence-corrected chi connectivity index (χ3v) is 2.42. The molecule has 0 saturated heterocycles. The smallest absolute Gasteiger partial charge is 0.301 e. The van der Waals surface area contributed by atoms with Crippen LogP contribution in [0.2, 0.25) is 0 Å². The first-order valence-electron chi connectivity index (χ1n) is 6.12. The van der Waals surface area contributed by atoms with Gasteiger partial charge in [-0.3, -0.25) is 10.1 Å². The summed E-state index contributed by atoms with van der Waals surface area (Å²) in [6.07, 6.45) is 4.07. The first kappa shape index (κ1) is 13.1. The van der Waals surface area contributed by atoms with Crippen molar-refractivity contribution in [1.29, 1.82) is 0 Å².